The van der Waals surface area contributed by atoms with Crippen LogP contribution in [0.2, 0.25) is 0 Å². The maximum Gasteiger partial charge on any atom is 0.325 e. The number of aromatic nitrogens is 1. The molecule has 1 aromatic heterocycles. The third kappa shape index (κ3) is 3.78. The van der Waals surface area contributed by atoms with Gasteiger partial charge in [0.2, 0.25) is 0 Å². The second-order valence-electron chi connectivity index (χ2n) is 8.56. The molecule has 4 rings (SSSR count). The minimum absolute atomic E-state index is 0.220. The Kier molecular flexibility index (Phi) is 5.71. The molecule has 1 aromatic carbocycles. The molecular formula is C24H29N3O4. The predicted octanol–water partition coefficient (Wildman–Crippen LogP) is 2.80. The van der Waals surface area contributed by atoms with Gasteiger partial charge in [0.05, 0.1) is 6.54 Å². The van der Waals surface area contributed by atoms with Gasteiger partial charge in [-0.15, -0.1) is 0 Å². The fraction of sp³-hybridized carbons (Fsp3) is 0.458. The molecule has 0 bridgehead atoms. The number of rotatable bonds is 7. The zero-order valence-corrected chi connectivity index (χ0v) is 18.4. The van der Waals surface area contributed by atoms with E-state index < -0.39 is 11.6 Å². The largest absolute Gasteiger partial charge is 0.385 e. The van der Waals surface area contributed by atoms with Crippen molar-refractivity contribution in [1.29, 1.82) is 0 Å². The number of ketones is 1. The van der Waals surface area contributed by atoms with Crippen LogP contribution < -0.4 is 5.32 Å². The average molecular weight is 424 g/mol. The molecule has 1 saturated heterocycles. The summed E-state index contributed by atoms with van der Waals surface area (Å²) in [6.07, 6.45) is 2.59. The van der Waals surface area contributed by atoms with Crippen LogP contribution in [0.1, 0.15) is 45.7 Å². The fourth-order valence-corrected chi connectivity index (χ4v) is 4.87. The molecule has 1 fully saturated rings. The lowest BCUT2D eigenvalue weighted by atomic mass is 9.78. The molecule has 1 aliphatic carbocycles. The Morgan fingerprint density at radius 3 is 2.68 bits per heavy atom. The van der Waals surface area contributed by atoms with E-state index in [0.29, 0.717) is 25.0 Å². The van der Waals surface area contributed by atoms with Crippen LogP contribution in [0, 0.1) is 13.8 Å². The number of urea groups is 1. The van der Waals surface area contributed by atoms with Gasteiger partial charge in [0, 0.05) is 43.6 Å². The summed E-state index contributed by atoms with van der Waals surface area (Å²) in [7, 11) is 1.67. The van der Waals surface area contributed by atoms with Crippen LogP contribution in [0.4, 0.5) is 4.79 Å². The number of ether oxygens (including phenoxy) is 1. The van der Waals surface area contributed by atoms with E-state index in [1.165, 1.54) is 5.56 Å². The number of methoxy groups -OCH3 is 1. The molecule has 1 N–H and O–H groups in total. The number of carbonyl (C=O) groups excluding carboxylic acids is 3. The minimum Gasteiger partial charge on any atom is -0.385 e. The number of nitrogens with one attached hydrogen (secondary N) is 1. The van der Waals surface area contributed by atoms with Crippen molar-refractivity contribution >= 4 is 17.7 Å². The molecule has 2 aliphatic rings. The average Bonchev–Trinajstić information content (AvgIpc) is 3.16. The molecule has 0 radical (unpaired) electrons. The first-order valence-electron chi connectivity index (χ1n) is 10.8. The van der Waals surface area contributed by atoms with Crippen molar-refractivity contribution in [3.8, 4) is 0 Å². The number of benzene rings is 1. The maximum atomic E-state index is 13.3. The molecule has 31 heavy (non-hydrogen) atoms. The van der Waals surface area contributed by atoms with Crippen LogP contribution in [-0.4, -0.2) is 53.0 Å². The van der Waals surface area contributed by atoms with Crippen LogP contribution in [-0.2, 0) is 28.9 Å². The van der Waals surface area contributed by atoms with E-state index in [-0.39, 0.29) is 18.2 Å². The molecule has 2 heterocycles. The van der Waals surface area contributed by atoms with E-state index in [9.17, 15) is 14.4 Å². The zero-order chi connectivity index (χ0) is 22.2. The number of fused-ring (bicyclic) bond motifs is 1. The Balaban J connectivity index is 1.50. The first-order valence-corrected chi connectivity index (χ1v) is 10.8. The Labute approximate surface area is 182 Å². The summed E-state index contributed by atoms with van der Waals surface area (Å²) >= 11 is 0. The molecule has 1 atom stereocenters. The van der Waals surface area contributed by atoms with Gasteiger partial charge < -0.3 is 14.6 Å². The van der Waals surface area contributed by atoms with E-state index in [2.05, 4.69) is 16.0 Å². The van der Waals surface area contributed by atoms with Gasteiger partial charge in [-0.2, -0.15) is 0 Å². The summed E-state index contributed by atoms with van der Waals surface area (Å²) < 4.78 is 7.20. The highest BCUT2D eigenvalue weighted by atomic mass is 16.5. The number of hydrogen-bond donors (Lipinski definition) is 1. The van der Waals surface area contributed by atoms with Gasteiger partial charge in [0.1, 0.15) is 5.54 Å². The lowest BCUT2D eigenvalue weighted by molar-refractivity contribution is -0.131. The van der Waals surface area contributed by atoms with Crippen molar-refractivity contribution in [3.05, 3.63) is 58.4 Å². The number of aryl methyl sites for hydroxylation is 2. The van der Waals surface area contributed by atoms with Crippen LogP contribution in [0.3, 0.4) is 0 Å². The first kappa shape index (κ1) is 21.3. The molecular weight excluding hydrogens is 394 g/mol. The Morgan fingerprint density at radius 2 is 1.94 bits per heavy atom. The SMILES string of the molecule is COCCCn1c(C)cc(C(=O)CN2C(=O)N[C@]3(CCc4ccccc4C3)C2=O)c1C. The van der Waals surface area contributed by atoms with Crippen molar-refractivity contribution in [3.63, 3.8) is 0 Å². The van der Waals surface area contributed by atoms with E-state index in [1.54, 1.807) is 7.11 Å². The first-order chi connectivity index (χ1) is 14.9. The molecule has 1 spiro atoms. The maximum absolute atomic E-state index is 13.3. The normalized spacial score (nSPS) is 20.3. The quantitative estimate of drug-likeness (QED) is 0.422. The number of carbonyl (C=O) groups is 3. The van der Waals surface area contributed by atoms with E-state index in [4.69, 9.17) is 4.74 Å². The van der Waals surface area contributed by atoms with Gasteiger partial charge in [0.15, 0.2) is 5.78 Å². The van der Waals surface area contributed by atoms with E-state index in [1.807, 2.05) is 38.1 Å². The van der Waals surface area contributed by atoms with Gasteiger partial charge in [0.25, 0.3) is 5.91 Å². The molecule has 7 heteroatoms. The standard InChI is InChI=1S/C24H29N3O4/c1-16-13-20(17(2)26(16)11-6-12-31-3)21(28)15-27-22(29)24(25-23(27)30)10-9-18-7-4-5-8-19(18)14-24/h4-5,7-8,13H,6,9-12,14-15H2,1-3H3,(H,25,30)/t24-/m0/s1. The highest BCUT2D eigenvalue weighted by molar-refractivity contribution is 6.11. The smallest absolute Gasteiger partial charge is 0.325 e. The summed E-state index contributed by atoms with van der Waals surface area (Å²) in [6, 6.07) is 9.36. The second-order valence-corrected chi connectivity index (χ2v) is 8.56. The number of amides is 3. The minimum atomic E-state index is -0.942. The molecule has 0 saturated carbocycles. The zero-order valence-electron chi connectivity index (χ0n) is 18.4. The Morgan fingerprint density at radius 1 is 1.19 bits per heavy atom. The van der Waals surface area contributed by atoms with Crippen molar-refractivity contribution in [2.45, 2.75) is 51.6 Å². The van der Waals surface area contributed by atoms with Gasteiger partial charge in [-0.05, 0) is 50.3 Å². The monoisotopic (exact) mass is 423 g/mol. The highest BCUT2D eigenvalue weighted by Crippen LogP contribution is 2.33. The van der Waals surface area contributed by atoms with Gasteiger partial charge in [-0.1, -0.05) is 24.3 Å². The summed E-state index contributed by atoms with van der Waals surface area (Å²) in [5, 5.41) is 2.90. The van der Waals surface area contributed by atoms with Crippen molar-refractivity contribution in [1.82, 2.24) is 14.8 Å². The number of imide groups is 1. The Bertz CT molecular complexity index is 1040. The summed E-state index contributed by atoms with van der Waals surface area (Å²) in [5.74, 6) is -0.517. The fourth-order valence-electron chi connectivity index (χ4n) is 4.87. The van der Waals surface area contributed by atoms with Crippen LogP contribution >= 0.6 is 0 Å². The predicted molar refractivity (Wildman–Crippen MR) is 116 cm³/mol. The number of nitrogens with zero attached hydrogens (tertiary/aromatic N) is 2. The molecule has 0 unspecified atom stereocenters. The number of Topliss-reactive ketones (excluding diaryl/α,β-unsaturated/α-hetero) is 1. The second kappa shape index (κ2) is 8.30. The third-order valence-electron chi connectivity index (χ3n) is 6.58. The van der Waals surface area contributed by atoms with Gasteiger partial charge in [-0.25, -0.2) is 4.79 Å². The van der Waals surface area contributed by atoms with Crippen LogP contribution in [0.25, 0.3) is 0 Å². The topological polar surface area (TPSA) is 80.6 Å². The van der Waals surface area contributed by atoms with Gasteiger partial charge >= 0.3 is 6.03 Å². The Hall–Kier alpha value is -2.93. The molecule has 2 aromatic rings. The van der Waals surface area contributed by atoms with Crippen molar-refractivity contribution in [2.24, 2.45) is 0 Å². The summed E-state index contributed by atoms with van der Waals surface area (Å²) in [6.45, 7) is 5.02. The van der Waals surface area contributed by atoms with E-state index in [0.717, 1.165) is 41.2 Å². The van der Waals surface area contributed by atoms with Crippen molar-refractivity contribution in [2.75, 3.05) is 20.3 Å². The molecule has 7 nitrogen and oxygen atoms in total. The lowest BCUT2D eigenvalue weighted by Crippen LogP contribution is -2.51. The molecule has 3 amide bonds. The van der Waals surface area contributed by atoms with E-state index >= 15 is 0 Å². The summed E-state index contributed by atoms with van der Waals surface area (Å²) in [4.78, 5) is 40.1. The molecule has 1 aliphatic heterocycles. The van der Waals surface area contributed by atoms with Gasteiger partial charge in [-0.3, -0.25) is 14.5 Å². The summed E-state index contributed by atoms with van der Waals surface area (Å²) in [5.41, 5.74) is 3.75. The van der Waals surface area contributed by atoms with Crippen LogP contribution in [0.15, 0.2) is 30.3 Å². The van der Waals surface area contributed by atoms with Crippen LogP contribution in [0.5, 0.6) is 0 Å². The lowest BCUT2D eigenvalue weighted by Gasteiger charge is -2.32. The molecule has 164 valence electrons. The highest BCUT2D eigenvalue weighted by Gasteiger charge is 2.52. The third-order valence-corrected chi connectivity index (χ3v) is 6.58. The van der Waals surface area contributed by atoms with Crippen molar-refractivity contribution < 1.29 is 19.1 Å². The number of hydrogen-bond acceptors (Lipinski definition) is 4.